The molecular formula is C58H67N2+. The minimum absolute atomic E-state index is 0.221. The maximum Gasteiger partial charge on any atom is 0.210 e. The summed E-state index contributed by atoms with van der Waals surface area (Å²) in [6, 6.07) is 45.8. The summed E-state index contributed by atoms with van der Waals surface area (Å²) in [5, 5.41) is 5.40. The number of hydrogen-bond acceptors (Lipinski definition) is 1. The first-order valence-corrected chi connectivity index (χ1v) is 23.2. The van der Waals surface area contributed by atoms with Gasteiger partial charge in [0.1, 0.15) is 6.54 Å². The van der Waals surface area contributed by atoms with Crippen LogP contribution < -0.4 is 4.90 Å². The number of anilines is 1. The van der Waals surface area contributed by atoms with Gasteiger partial charge in [-0.2, -0.15) is 4.58 Å². The van der Waals surface area contributed by atoms with E-state index < -0.39 is 0 Å². The highest BCUT2D eigenvalue weighted by atomic mass is 15.2. The van der Waals surface area contributed by atoms with E-state index in [0.29, 0.717) is 0 Å². The number of unbranched alkanes of at least 4 members (excludes halogenated alkanes) is 7. The van der Waals surface area contributed by atoms with Crippen LogP contribution in [-0.4, -0.2) is 23.4 Å². The molecule has 2 aliphatic rings. The molecular weight excluding hydrogens is 725 g/mol. The Morgan fingerprint density at radius 2 is 1.10 bits per heavy atom. The number of benzene rings is 6. The molecule has 0 aromatic heterocycles. The number of fused-ring (bicyclic) bond motifs is 6. The average molecular weight is 792 g/mol. The Morgan fingerprint density at radius 3 is 1.77 bits per heavy atom. The molecule has 0 amide bonds. The minimum Gasteiger partial charge on any atom is -0.344 e. The van der Waals surface area contributed by atoms with Crippen LogP contribution in [0.1, 0.15) is 119 Å². The standard InChI is InChI=1S/C58H67N2/c1-7-9-11-12-13-23-40-60-52-38-36-46-28-19-21-32-50(46)56(52)58(6,42-48-30-17-15-26-44(48)4)54(60)34-24-33-53-57(5,41-47-29-16-14-25-43(47)3)55-49-31-20-18-27-45(49)35-37-51(55)59(53)39-22-10-8-2/h14-21,24-38H,7-13,22-23,39-42H2,1-6H3/q+1. The highest BCUT2D eigenvalue weighted by Gasteiger charge is 2.49. The van der Waals surface area contributed by atoms with E-state index in [-0.39, 0.29) is 10.8 Å². The zero-order chi connectivity index (χ0) is 41.7. The summed E-state index contributed by atoms with van der Waals surface area (Å²) in [5.41, 5.74) is 13.7. The van der Waals surface area contributed by atoms with Gasteiger partial charge in [-0.25, -0.2) is 0 Å². The molecule has 2 unspecified atom stereocenters. The lowest BCUT2D eigenvalue weighted by atomic mass is 9.72. The second-order valence-electron chi connectivity index (χ2n) is 18.3. The van der Waals surface area contributed by atoms with Crippen LogP contribution in [0.2, 0.25) is 0 Å². The van der Waals surface area contributed by atoms with Crippen LogP contribution in [0.5, 0.6) is 0 Å². The molecule has 6 aromatic carbocycles. The van der Waals surface area contributed by atoms with E-state index in [9.17, 15) is 0 Å². The Labute approximate surface area is 361 Å². The second-order valence-corrected chi connectivity index (χ2v) is 18.3. The Kier molecular flexibility index (Phi) is 12.6. The summed E-state index contributed by atoms with van der Waals surface area (Å²) in [6.45, 7) is 16.3. The first-order chi connectivity index (χ1) is 29.3. The first-order valence-electron chi connectivity index (χ1n) is 23.2. The number of rotatable bonds is 17. The van der Waals surface area contributed by atoms with Crippen molar-refractivity contribution in [2.75, 3.05) is 18.0 Å². The van der Waals surface area contributed by atoms with E-state index in [1.54, 1.807) is 0 Å². The lowest BCUT2D eigenvalue weighted by molar-refractivity contribution is -0.438. The maximum absolute atomic E-state index is 2.72. The molecule has 0 spiro atoms. The lowest BCUT2D eigenvalue weighted by Gasteiger charge is -2.31. The van der Waals surface area contributed by atoms with Gasteiger partial charge < -0.3 is 4.90 Å². The third-order valence-corrected chi connectivity index (χ3v) is 14.1. The number of nitrogens with zero attached hydrogens (tertiary/aromatic N) is 2. The molecule has 6 aromatic rings. The van der Waals surface area contributed by atoms with Gasteiger partial charge in [0.15, 0.2) is 5.71 Å². The van der Waals surface area contributed by atoms with Crippen molar-refractivity contribution < 1.29 is 4.58 Å². The molecule has 8 rings (SSSR count). The Hall–Kier alpha value is -5.21. The van der Waals surface area contributed by atoms with Crippen LogP contribution in [0, 0.1) is 13.8 Å². The molecule has 0 saturated carbocycles. The largest absolute Gasteiger partial charge is 0.344 e. The quantitative estimate of drug-likeness (QED) is 0.0659. The zero-order valence-corrected chi connectivity index (χ0v) is 37.4. The molecule has 2 atom stereocenters. The van der Waals surface area contributed by atoms with Crippen molar-refractivity contribution in [2.24, 2.45) is 0 Å². The SMILES string of the molecule is CCCCCCCCN1C(=CC=CC2=[N+](CCCCC)c3ccc4ccccc4c3C2(C)Cc2ccccc2C)C(C)(Cc2ccccc2C)c2c1ccc1ccccc21. The Balaban J connectivity index is 1.30. The molecule has 2 heteroatoms. The van der Waals surface area contributed by atoms with Crippen molar-refractivity contribution in [1.29, 1.82) is 0 Å². The fourth-order valence-electron chi connectivity index (χ4n) is 10.8. The molecule has 0 saturated heterocycles. The predicted molar refractivity (Wildman–Crippen MR) is 260 cm³/mol. The summed E-state index contributed by atoms with van der Waals surface area (Å²) in [5.74, 6) is 0. The van der Waals surface area contributed by atoms with Crippen LogP contribution in [0.25, 0.3) is 21.5 Å². The van der Waals surface area contributed by atoms with Gasteiger partial charge in [0, 0.05) is 47.5 Å². The summed E-state index contributed by atoms with van der Waals surface area (Å²) < 4.78 is 2.70. The van der Waals surface area contributed by atoms with Crippen molar-refractivity contribution in [3.8, 4) is 0 Å². The topological polar surface area (TPSA) is 6.25 Å². The van der Waals surface area contributed by atoms with E-state index >= 15 is 0 Å². The minimum atomic E-state index is -0.223. The fraction of sp³-hybridized carbons (Fsp3) is 0.362. The fourth-order valence-corrected chi connectivity index (χ4v) is 10.8. The number of aryl methyl sites for hydroxylation is 2. The van der Waals surface area contributed by atoms with Crippen LogP contribution in [0.3, 0.4) is 0 Å². The Bertz CT molecular complexity index is 2570. The molecule has 2 nitrogen and oxygen atoms in total. The molecule has 0 radical (unpaired) electrons. The maximum atomic E-state index is 2.72. The molecule has 2 heterocycles. The van der Waals surface area contributed by atoms with E-state index in [1.807, 2.05) is 0 Å². The molecule has 60 heavy (non-hydrogen) atoms. The van der Waals surface area contributed by atoms with Crippen LogP contribution in [0.4, 0.5) is 11.4 Å². The zero-order valence-electron chi connectivity index (χ0n) is 37.4. The molecule has 0 fully saturated rings. The van der Waals surface area contributed by atoms with E-state index in [4.69, 9.17) is 0 Å². The van der Waals surface area contributed by atoms with Crippen LogP contribution in [0.15, 0.2) is 145 Å². The second kappa shape index (κ2) is 18.2. The summed E-state index contributed by atoms with van der Waals surface area (Å²) in [6.07, 6.45) is 20.7. The smallest absolute Gasteiger partial charge is 0.210 e. The van der Waals surface area contributed by atoms with Crippen LogP contribution >= 0.6 is 0 Å². The normalized spacial score (nSPS) is 19.4. The van der Waals surface area contributed by atoms with Crippen LogP contribution in [-0.2, 0) is 23.7 Å². The monoisotopic (exact) mass is 792 g/mol. The molecule has 0 N–H and O–H groups in total. The predicted octanol–water partition coefficient (Wildman–Crippen LogP) is 15.2. The van der Waals surface area contributed by atoms with Gasteiger partial charge in [-0.1, -0.05) is 162 Å². The van der Waals surface area contributed by atoms with Crippen molar-refractivity contribution in [1.82, 2.24) is 0 Å². The highest BCUT2D eigenvalue weighted by Crippen LogP contribution is 2.53. The summed E-state index contributed by atoms with van der Waals surface area (Å²) in [7, 11) is 0. The molecule has 308 valence electrons. The van der Waals surface area contributed by atoms with Gasteiger partial charge in [0.2, 0.25) is 5.69 Å². The summed E-state index contributed by atoms with van der Waals surface area (Å²) >= 11 is 0. The summed E-state index contributed by atoms with van der Waals surface area (Å²) in [4.78, 5) is 2.72. The van der Waals surface area contributed by atoms with Crippen molar-refractivity contribution in [3.63, 3.8) is 0 Å². The third-order valence-electron chi connectivity index (χ3n) is 14.1. The van der Waals surface area contributed by atoms with Gasteiger partial charge in [0.25, 0.3) is 0 Å². The first kappa shape index (κ1) is 41.5. The van der Waals surface area contributed by atoms with Crippen molar-refractivity contribution in [3.05, 3.63) is 179 Å². The van der Waals surface area contributed by atoms with Crippen molar-refractivity contribution in [2.45, 2.75) is 123 Å². The number of hydrogen-bond donors (Lipinski definition) is 0. The Morgan fingerprint density at radius 1 is 0.550 bits per heavy atom. The average Bonchev–Trinajstić information content (AvgIpc) is 3.64. The van der Waals surface area contributed by atoms with E-state index in [0.717, 1.165) is 25.9 Å². The van der Waals surface area contributed by atoms with Gasteiger partial charge in [-0.15, -0.1) is 0 Å². The number of allylic oxidation sites excluding steroid dienone is 4. The van der Waals surface area contributed by atoms with Gasteiger partial charge in [-0.3, -0.25) is 0 Å². The molecule has 0 bridgehead atoms. The third kappa shape index (κ3) is 7.91. The van der Waals surface area contributed by atoms with E-state index in [1.165, 1.54) is 135 Å². The van der Waals surface area contributed by atoms with Crippen molar-refractivity contribution >= 4 is 38.6 Å². The molecule has 0 aliphatic carbocycles. The lowest BCUT2D eigenvalue weighted by Crippen LogP contribution is -2.34. The van der Waals surface area contributed by atoms with E-state index in [2.05, 4.69) is 191 Å². The molecule has 2 aliphatic heterocycles. The van der Waals surface area contributed by atoms with Gasteiger partial charge >= 0.3 is 0 Å². The van der Waals surface area contributed by atoms with Gasteiger partial charge in [0.05, 0.1) is 5.41 Å². The highest BCUT2D eigenvalue weighted by molar-refractivity contribution is 6.08. The van der Waals surface area contributed by atoms with Gasteiger partial charge in [-0.05, 0) is 121 Å².